The lowest BCUT2D eigenvalue weighted by Gasteiger charge is -2.13. The molecule has 0 saturated heterocycles. The number of methoxy groups -OCH3 is 1. The van der Waals surface area contributed by atoms with Crippen LogP contribution >= 0.6 is 0 Å². The average molecular weight is 348 g/mol. The van der Waals surface area contributed by atoms with Crippen molar-refractivity contribution in [3.8, 4) is 0 Å². The van der Waals surface area contributed by atoms with E-state index in [2.05, 4.69) is 15.0 Å². The highest BCUT2D eigenvalue weighted by Crippen LogP contribution is 2.19. The van der Waals surface area contributed by atoms with Crippen molar-refractivity contribution in [2.24, 2.45) is 5.92 Å². The minimum atomic E-state index is -0.367. The van der Waals surface area contributed by atoms with E-state index in [1.807, 2.05) is 43.3 Å². The number of pyridine rings is 1. The van der Waals surface area contributed by atoms with Crippen LogP contribution in [0.3, 0.4) is 0 Å². The first-order valence-corrected chi connectivity index (χ1v) is 8.38. The predicted octanol–water partition coefficient (Wildman–Crippen LogP) is 3.84. The summed E-state index contributed by atoms with van der Waals surface area (Å²) in [6.45, 7) is 1.88. The lowest BCUT2D eigenvalue weighted by atomic mass is 9.99. The summed E-state index contributed by atoms with van der Waals surface area (Å²) in [6.07, 6.45) is 4.11. The lowest BCUT2D eigenvalue weighted by molar-refractivity contribution is -0.119. The third-order valence-corrected chi connectivity index (χ3v) is 4.27. The number of anilines is 1. The SMILES string of the molecule is COC(=O)c1ccc(C[C@H](C)C(=O)Nc2ccc3cnccc3c2)cc1. The molecule has 1 N–H and O–H groups in total. The van der Waals surface area contributed by atoms with Crippen molar-refractivity contribution < 1.29 is 14.3 Å². The van der Waals surface area contributed by atoms with Crippen LogP contribution in [0.2, 0.25) is 0 Å². The van der Waals surface area contributed by atoms with Gasteiger partial charge < -0.3 is 10.1 Å². The molecule has 3 rings (SSSR count). The number of aromatic nitrogens is 1. The summed E-state index contributed by atoms with van der Waals surface area (Å²) in [5.41, 5.74) is 2.26. The van der Waals surface area contributed by atoms with Crippen LogP contribution < -0.4 is 5.32 Å². The minimum absolute atomic E-state index is 0.0459. The van der Waals surface area contributed by atoms with Gasteiger partial charge in [-0.3, -0.25) is 9.78 Å². The quantitative estimate of drug-likeness (QED) is 0.711. The summed E-state index contributed by atoms with van der Waals surface area (Å²) < 4.78 is 4.69. The number of nitrogens with zero attached hydrogens (tertiary/aromatic N) is 1. The maximum Gasteiger partial charge on any atom is 0.337 e. The molecule has 1 amide bonds. The summed E-state index contributed by atoms with van der Waals surface area (Å²) in [6, 6.07) is 14.8. The van der Waals surface area contributed by atoms with E-state index in [0.29, 0.717) is 12.0 Å². The van der Waals surface area contributed by atoms with Crippen molar-refractivity contribution in [1.82, 2.24) is 4.98 Å². The van der Waals surface area contributed by atoms with E-state index in [1.165, 1.54) is 7.11 Å². The van der Waals surface area contributed by atoms with Gasteiger partial charge in [-0.1, -0.05) is 25.1 Å². The van der Waals surface area contributed by atoms with E-state index in [9.17, 15) is 9.59 Å². The normalized spacial score (nSPS) is 11.8. The van der Waals surface area contributed by atoms with Crippen LogP contribution in [-0.2, 0) is 16.0 Å². The summed E-state index contributed by atoms with van der Waals surface area (Å²) in [7, 11) is 1.35. The maximum absolute atomic E-state index is 12.5. The number of nitrogens with one attached hydrogen (secondary N) is 1. The first kappa shape index (κ1) is 17.6. The van der Waals surface area contributed by atoms with Crippen LogP contribution in [0.5, 0.6) is 0 Å². The number of rotatable bonds is 5. The Labute approximate surface area is 152 Å². The molecule has 1 atom stereocenters. The number of amides is 1. The summed E-state index contributed by atoms with van der Waals surface area (Å²) in [5, 5.41) is 5.02. The number of hydrogen-bond acceptors (Lipinski definition) is 4. The Bertz CT molecular complexity index is 935. The van der Waals surface area contributed by atoms with Crippen molar-refractivity contribution in [1.29, 1.82) is 0 Å². The smallest absolute Gasteiger partial charge is 0.337 e. The Kier molecular flexibility index (Phi) is 5.27. The van der Waals surface area contributed by atoms with Crippen molar-refractivity contribution in [2.75, 3.05) is 12.4 Å². The lowest BCUT2D eigenvalue weighted by Crippen LogP contribution is -2.22. The molecular formula is C21H20N2O3. The van der Waals surface area contributed by atoms with Crippen LogP contribution in [0.25, 0.3) is 10.8 Å². The van der Waals surface area contributed by atoms with Crippen LogP contribution in [0.4, 0.5) is 5.69 Å². The second-order valence-electron chi connectivity index (χ2n) is 6.22. The maximum atomic E-state index is 12.5. The number of fused-ring (bicyclic) bond motifs is 1. The largest absolute Gasteiger partial charge is 0.465 e. The van der Waals surface area contributed by atoms with Gasteiger partial charge in [0.25, 0.3) is 0 Å². The molecule has 0 saturated carbocycles. The number of carbonyl (C=O) groups is 2. The fraction of sp³-hybridized carbons (Fsp3) is 0.190. The Balaban J connectivity index is 1.64. The van der Waals surface area contributed by atoms with Gasteiger partial charge in [-0.15, -0.1) is 0 Å². The number of esters is 1. The molecule has 0 unspecified atom stereocenters. The molecule has 5 nitrogen and oxygen atoms in total. The van der Waals surface area contributed by atoms with E-state index in [4.69, 9.17) is 0 Å². The zero-order valence-corrected chi connectivity index (χ0v) is 14.7. The van der Waals surface area contributed by atoms with Crippen molar-refractivity contribution in [3.05, 3.63) is 72.1 Å². The zero-order chi connectivity index (χ0) is 18.5. The molecule has 26 heavy (non-hydrogen) atoms. The molecule has 0 aliphatic heterocycles. The van der Waals surface area contributed by atoms with Crippen LogP contribution in [0.15, 0.2) is 60.9 Å². The number of benzene rings is 2. The molecule has 1 aromatic heterocycles. The molecule has 0 bridgehead atoms. The summed E-state index contributed by atoms with van der Waals surface area (Å²) in [5.74, 6) is -0.614. The fourth-order valence-electron chi connectivity index (χ4n) is 2.77. The highest BCUT2D eigenvalue weighted by atomic mass is 16.5. The van der Waals surface area contributed by atoms with Gasteiger partial charge in [0.05, 0.1) is 12.7 Å². The Hall–Kier alpha value is -3.21. The van der Waals surface area contributed by atoms with Gasteiger partial charge in [0, 0.05) is 29.4 Å². The van der Waals surface area contributed by atoms with Gasteiger partial charge in [0.1, 0.15) is 0 Å². The molecule has 5 heteroatoms. The van der Waals surface area contributed by atoms with Crippen molar-refractivity contribution in [2.45, 2.75) is 13.3 Å². The van der Waals surface area contributed by atoms with Gasteiger partial charge in [0.2, 0.25) is 5.91 Å². The molecule has 0 fully saturated rings. The third kappa shape index (κ3) is 4.06. The Morgan fingerprint density at radius 1 is 1.08 bits per heavy atom. The predicted molar refractivity (Wildman–Crippen MR) is 101 cm³/mol. The van der Waals surface area contributed by atoms with Gasteiger partial charge in [-0.05, 0) is 47.7 Å². The van der Waals surface area contributed by atoms with Crippen LogP contribution in [-0.4, -0.2) is 24.0 Å². The van der Waals surface area contributed by atoms with Crippen LogP contribution in [0.1, 0.15) is 22.8 Å². The molecule has 132 valence electrons. The highest BCUT2D eigenvalue weighted by molar-refractivity contribution is 5.95. The van der Waals surface area contributed by atoms with E-state index in [-0.39, 0.29) is 17.8 Å². The monoisotopic (exact) mass is 348 g/mol. The molecular weight excluding hydrogens is 328 g/mol. The van der Waals surface area contributed by atoms with Crippen molar-refractivity contribution >= 4 is 28.3 Å². The fourth-order valence-corrected chi connectivity index (χ4v) is 2.77. The molecule has 0 radical (unpaired) electrons. The summed E-state index contributed by atoms with van der Waals surface area (Å²) in [4.78, 5) is 28.0. The summed E-state index contributed by atoms with van der Waals surface area (Å²) >= 11 is 0. The molecule has 3 aromatic rings. The molecule has 0 aliphatic carbocycles. The average Bonchev–Trinajstić information content (AvgIpc) is 2.67. The molecule has 0 aliphatic rings. The number of ether oxygens (including phenoxy) is 1. The van der Waals surface area contributed by atoms with Crippen molar-refractivity contribution in [3.63, 3.8) is 0 Å². The van der Waals surface area contributed by atoms with Gasteiger partial charge in [-0.25, -0.2) is 4.79 Å². The Morgan fingerprint density at radius 2 is 1.85 bits per heavy atom. The van der Waals surface area contributed by atoms with E-state index < -0.39 is 0 Å². The van der Waals surface area contributed by atoms with Crippen LogP contribution in [0, 0.1) is 5.92 Å². The zero-order valence-electron chi connectivity index (χ0n) is 14.7. The van der Waals surface area contributed by atoms with Gasteiger partial charge >= 0.3 is 5.97 Å². The molecule has 0 spiro atoms. The third-order valence-electron chi connectivity index (χ3n) is 4.27. The first-order chi connectivity index (χ1) is 12.6. The standard InChI is InChI=1S/C21H20N2O3/c1-14(11-15-3-5-16(6-4-15)21(25)26-2)20(24)23-19-8-7-18-13-22-10-9-17(18)12-19/h3-10,12-14H,11H2,1-2H3,(H,23,24)/t14-/m0/s1. The molecule has 2 aromatic carbocycles. The van der Waals surface area contributed by atoms with E-state index >= 15 is 0 Å². The van der Waals surface area contributed by atoms with Gasteiger partial charge in [-0.2, -0.15) is 0 Å². The second kappa shape index (κ2) is 7.78. The first-order valence-electron chi connectivity index (χ1n) is 8.38. The highest BCUT2D eigenvalue weighted by Gasteiger charge is 2.14. The topological polar surface area (TPSA) is 68.3 Å². The number of carbonyl (C=O) groups excluding carboxylic acids is 2. The van der Waals surface area contributed by atoms with Gasteiger partial charge in [0.15, 0.2) is 0 Å². The van der Waals surface area contributed by atoms with E-state index in [0.717, 1.165) is 22.0 Å². The van der Waals surface area contributed by atoms with E-state index in [1.54, 1.807) is 24.5 Å². The minimum Gasteiger partial charge on any atom is -0.465 e. The molecule has 1 heterocycles. The Morgan fingerprint density at radius 3 is 2.58 bits per heavy atom. The number of hydrogen-bond donors (Lipinski definition) is 1. The second-order valence-corrected chi connectivity index (χ2v) is 6.22.